The fourth-order valence-electron chi connectivity index (χ4n) is 1.17. The SMILES string of the molecule is Cc1cnc(Cl)nc1OC1CCC1. The maximum Gasteiger partial charge on any atom is 0.225 e. The molecule has 0 aromatic carbocycles. The Kier molecular flexibility index (Phi) is 2.36. The van der Waals surface area contributed by atoms with E-state index in [1.54, 1.807) is 6.20 Å². The van der Waals surface area contributed by atoms with Crippen LogP contribution in [0.25, 0.3) is 0 Å². The molecule has 0 bridgehead atoms. The van der Waals surface area contributed by atoms with Gasteiger partial charge in [-0.2, -0.15) is 4.98 Å². The maximum absolute atomic E-state index is 5.66. The third-order valence-corrected chi connectivity index (χ3v) is 2.41. The molecule has 0 spiro atoms. The van der Waals surface area contributed by atoms with Crippen molar-refractivity contribution in [1.29, 1.82) is 0 Å². The average Bonchev–Trinajstić information content (AvgIpc) is 2.03. The van der Waals surface area contributed by atoms with Crippen LogP contribution in [-0.2, 0) is 0 Å². The molecule has 0 saturated heterocycles. The minimum Gasteiger partial charge on any atom is -0.474 e. The van der Waals surface area contributed by atoms with Crippen molar-refractivity contribution >= 4 is 11.6 Å². The Bertz CT molecular complexity index is 312. The number of aromatic nitrogens is 2. The van der Waals surface area contributed by atoms with E-state index in [-0.39, 0.29) is 5.28 Å². The number of hydrogen-bond acceptors (Lipinski definition) is 3. The number of halogens is 1. The van der Waals surface area contributed by atoms with Crippen LogP contribution in [-0.4, -0.2) is 16.1 Å². The summed E-state index contributed by atoms with van der Waals surface area (Å²) in [6.45, 7) is 1.92. The number of rotatable bonds is 2. The van der Waals surface area contributed by atoms with Gasteiger partial charge in [0.2, 0.25) is 11.2 Å². The summed E-state index contributed by atoms with van der Waals surface area (Å²) in [4.78, 5) is 7.89. The van der Waals surface area contributed by atoms with E-state index in [2.05, 4.69) is 9.97 Å². The smallest absolute Gasteiger partial charge is 0.225 e. The third kappa shape index (κ3) is 1.91. The van der Waals surface area contributed by atoms with Crippen molar-refractivity contribution in [1.82, 2.24) is 9.97 Å². The lowest BCUT2D eigenvalue weighted by molar-refractivity contribution is 0.113. The Morgan fingerprint density at radius 2 is 2.31 bits per heavy atom. The Hall–Kier alpha value is -0.830. The first-order chi connectivity index (χ1) is 6.25. The minimum atomic E-state index is 0.250. The molecule has 0 N–H and O–H groups in total. The maximum atomic E-state index is 5.66. The Morgan fingerprint density at radius 3 is 2.92 bits per heavy atom. The summed E-state index contributed by atoms with van der Waals surface area (Å²) in [5.41, 5.74) is 0.941. The summed E-state index contributed by atoms with van der Waals surface area (Å²) < 4.78 is 5.63. The van der Waals surface area contributed by atoms with Crippen LogP contribution in [0.4, 0.5) is 0 Å². The van der Waals surface area contributed by atoms with E-state index >= 15 is 0 Å². The van der Waals surface area contributed by atoms with Gasteiger partial charge in [-0.1, -0.05) is 0 Å². The molecule has 2 rings (SSSR count). The zero-order valence-electron chi connectivity index (χ0n) is 7.46. The second kappa shape index (κ2) is 3.50. The highest BCUT2D eigenvalue weighted by Gasteiger charge is 2.20. The van der Waals surface area contributed by atoms with E-state index in [1.165, 1.54) is 6.42 Å². The van der Waals surface area contributed by atoms with Crippen LogP contribution < -0.4 is 4.74 Å². The van der Waals surface area contributed by atoms with E-state index in [0.717, 1.165) is 18.4 Å². The summed E-state index contributed by atoms with van der Waals surface area (Å²) >= 11 is 5.66. The van der Waals surface area contributed by atoms with Gasteiger partial charge in [0.25, 0.3) is 0 Å². The molecule has 1 fully saturated rings. The molecule has 13 heavy (non-hydrogen) atoms. The van der Waals surface area contributed by atoms with Gasteiger partial charge in [-0.15, -0.1) is 0 Å². The lowest BCUT2D eigenvalue weighted by atomic mass is 9.96. The molecule has 1 aromatic rings. The van der Waals surface area contributed by atoms with Gasteiger partial charge in [0, 0.05) is 11.8 Å². The molecule has 0 radical (unpaired) electrons. The Morgan fingerprint density at radius 1 is 1.54 bits per heavy atom. The summed E-state index contributed by atoms with van der Waals surface area (Å²) in [5.74, 6) is 0.629. The molecule has 70 valence electrons. The first-order valence-corrected chi connectivity index (χ1v) is 4.79. The first kappa shape index (κ1) is 8.75. The topological polar surface area (TPSA) is 35.0 Å². The van der Waals surface area contributed by atoms with Crippen molar-refractivity contribution < 1.29 is 4.74 Å². The fraction of sp³-hybridized carbons (Fsp3) is 0.556. The molecule has 3 nitrogen and oxygen atoms in total. The molecule has 0 unspecified atom stereocenters. The standard InChI is InChI=1S/C9H11ClN2O/c1-6-5-11-9(10)12-8(6)13-7-3-2-4-7/h5,7H,2-4H2,1H3. The van der Waals surface area contributed by atoms with Crippen LogP contribution in [0.5, 0.6) is 5.88 Å². The average molecular weight is 199 g/mol. The summed E-state index contributed by atoms with van der Waals surface area (Å²) in [5, 5.41) is 0.250. The van der Waals surface area contributed by atoms with Crippen LogP contribution in [0, 0.1) is 6.92 Å². The van der Waals surface area contributed by atoms with Gasteiger partial charge < -0.3 is 4.74 Å². The van der Waals surface area contributed by atoms with Gasteiger partial charge in [0.05, 0.1) is 0 Å². The monoisotopic (exact) mass is 198 g/mol. The molecule has 1 aliphatic rings. The zero-order valence-corrected chi connectivity index (χ0v) is 8.21. The predicted octanol–water partition coefficient (Wildman–Crippen LogP) is 2.37. The second-order valence-electron chi connectivity index (χ2n) is 3.30. The van der Waals surface area contributed by atoms with Crippen molar-refractivity contribution in [3.05, 3.63) is 17.0 Å². The van der Waals surface area contributed by atoms with Crippen LogP contribution in [0.15, 0.2) is 6.20 Å². The molecule has 0 atom stereocenters. The molecule has 0 aliphatic heterocycles. The van der Waals surface area contributed by atoms with Crippen molar-refractivity contribution in [3.63, 3.8) is 0 Å². The van der Waals surface area contributed by atoms with E-state index in [4.69, 9.17) is 16.3 Å². The summed E-state index contributed by atoms with van der Waals surface area (Å²) in [6, 6.07) is 0. The van der Waals surface area contributed by atoms with Crippen molar-refractivity contribution in [2.75, 3.05) is 0 Å². The van der Waals surface area contributed by atoms with Crippen LogP contribution >= 0.6 is 11.6 Å². The lowest BCUT2D eigenvalue weighted by Gasteiger charge is -2.26. The molecular weight excluding hydrogens is 188 g/mol. The van der Waals surface area contributed by atoms with Crippen LogP contribution in [0.2, 0.25) is 5.28 Å². The number of aryl methyl sites for hydroxylation is 1. The normalized spacial score (nSPS) is 16.8. The number of nitrogens with zero attached hydrogens (tertiary/aromatic N) is 2. The largest absolute Gasteiger partial charge is 0.474 e. The highest BCUT2D eigenvalue weighted by molar-refractivity contribution is 6.28. The summed E-state index contributed by atoms with van der Waals surface area (Å²) in [7, 11) is 0. The van der Waals surface area contributed by atoms with E-state index < -0.39 is 0 Å². The second-order valence-corrected chi connectivity index (χ2v) is 3.64. The van der Waals surface area contributed by atoms with Crippen LogP contribution in [0.3, 0.4) is 0 Å². The molecule has 1 aliphatic carbocycles. The van der Waals surface area contributed by atoms with Gasteiger partial charge >= 0.3 is 0 Å². The number of hydrogen-bond donors (Lipinski definition) is 0. The first-order valence-electron chi connectivity index (χ1n) is 4.41. The lowest BCUT2D eigenvalue weighted by Crippen LogP contribution is -2.25. The Labute approximate surface area is 82.1 Å². The molecule has 1 saturated carbocycles. The van der Waals surface area contributed by atoms with Gasteiger partial charge in [0.1, 0.15) is 6.10 Å². The van der Waals surface area contributed by atoms with E-state index in [0.29, 0.717) is 12.0 Å². The van der Waals surface area contributed by atoms with Gasteiger partial charge in [0.15, 0.2) is 0 Å². The molecular formula is C9H11ClN2O. The van der Waals surface area contributed by atoms with Gasteiger partial charge in [-0.05, 0) is 37.8 Å². The third-order valence-electron chi connectivity index (χ3n) is 2.23. The predicted molar refractivity (Wildman–Crippen MR) is 50.0 cm³/mol. The van der Waals surface area contributed by atoms with Crippen LogP contribution in [0.1, 0.15) is 24.8 Å². The van der Waals surface area contributed by atoms with Gasteiger partial charge in [-0.3, -0.25) is 0 Å². The van der Waals surface area contributed by atoms with Crippen molar-refractivity contribution in [2.24, 2.45) is 0 Å². The number of ether oxygens (including phenoxy) is 1. The van der Waals surface area contributed by atoms with E-state index in [1.807, 2.05) is 6.92 Å². The quantitative estimate of drug-likeness (QED) is 0.685. The molecule has 1 aromatic heterocycles. The Balaban J connectivity index is 2.13. The molecule has 0 amide bonds. The van der Waals surface area contributed by atoms with E-state index in [9.17, 15) is 0 Å². The zero-order chi connectivity index (χ0) is 9.26. The van der Waals surface area contributed by atoms with Crippen molar-refractivity contribution in [3.8, 4) is 5.88 Å². The summed E-state index contributed by atoms with van der Waals surface area (Å²) in [6.07, 6.45) is 5.53. The molecule has 1 heterocycles. The highest BCUT2D eigenvalue weighted by atomic mass is 35.5. The molecule has 4 heteroatoms. The fourth-order valence-corrected chi connectivity index (χ4v) is 1.30. The van der Waals surface area contributed by atoms with Crippen molar-refractivity contribution in [2.45, 2.75) is 32.3 Å². The minimum absolute atomic E-state index is 0.250. The highest BCUT2D eigenvalue weighted by Crippen LogP contribution is 2.25. The van der Waals surface area contributed by atoms with Gasteiger partial charge in [-0.25, -0.2) is 4.98 Å².